The summed E-state index contributed by atoms with van der Waals surface area (Å²) in [6.07, 6.45) is -3.38. The molecule has 0 aliphatic carbocycles. The monoisotopic (exact) mass is 233 g/mol. The van der Waals surface area contributed by atoms with Gasteiger partial charge in [0.1, 0.15) is 5.75 Å². The SMILES string of the molecule is CCCN(C)Oc1ccc(C(F)(F)F)cc1. The molecule has 0 N–H and O–H groups in total. The summed E-state index contributed by atoms with van der Waals surface area (Å²) < 4.78 is 36.8. The molecule has 0 fully saturated rings. The highest BCUT2D eigenvalue weighted by molar-refractivity contribution is 5.28. The lowest BCUT2D eigenvalue weighted by Gasteiger charge is -2.16. The number of rotatable bonds is 4. The van der Waals surface area contributed by atoms with E-state index < -0.39 is 11.7 Å². The maximum absolute atomic E-state index is 12.3. The number of alkyl halides is 3. The lowest BCUT2D eigenvalue weighted by atomic mass is 10.2. The van der Waals surface area contributed by atoms with Gasteiger partial charge in [0, 0.05) is 13.6 Å². The van der Waals surface area contributed by atoms with Crippen molar-refractivity contribution in [2.45, 2.75) is 19.5 Å². The van der Waals surface area contributed by atoms with Gasteiger partial charge in [0.15, 0.2) is 0 Å². The summed E-state index contributed by atoms with van der Waals surface area (Å²) in [6, 6.07) is 4.65. The molecule has 0 spiro atoms. The van der Waals surface area contributed by atoms with E-state index in [4.69, 9.17) is 4.84 Å². The minimum atomic E-state index is -4.30. The molecule has 0 unspecified atom stereocenters. The van der Waals surface area contributed by atoms with E-state index in [0.717, 1.165) is 25.1 Å². The third kappa shape index (κ3) is 3.73. The van der Waals surface area contributed by atoms with Gasteiger partial charge < -0.3 is 4.84 Å². The van der Waals surface area contributed by atoms with Crippen LogP contribution < -0.4 is 4.84 Å². The van der Waals surface area contributed by atoms with Crippen molar-refractivity contribution in [3.8, 4) is 5.75 Å². The molecule has 0 radical (unpaired) electrons. The van der Waals surface area contributed by atoms with Gasteiger partial charge in [-0.2, -0.15) is 13.2 Å². The van der Waals surface area contributed by atoms with Gasteiger partial charge in [-0.3, -0.25) is 0 Å². The van der Waals surface area contributed by atoms with Crippen molar-refractivity contribution in [2.75, 3.05) is 13.6 Å². The van der Waals surface area contributed by atoms with Crippen LogP contribution in [0.4, 0.5) is 13.2 Å². The Morgan fingerprint density at radius 1 is 1.19 bits per heavy atom. The standard InChI is InChI=1S/C11H14F3NO/c1-3-8-15(2)16-10-6-4-9(5-7-10)11(12,13)14/h4-7H,3,8H2,1-2H3. The second-order valence-electron chi connectivity index (χ2n) is 3.46. The summed E-state index contributed by atoms with van der Waals surface area (Å²) >= 11 is 0. The van der Waals surface area contributed by atoms with Crippen molar-refractivity contribution in [1.29, 1.82) is 0 Å². The van der Waals surface area contributed by atoms with Crippen molar-refractivity contribution in [1.82, 2.24) is 5.06 Å². The number of hydrogen-bond acceptors (Lipinski definition) is 2. The smallest absolute Gasteiger partial charge is 0.406 e. The van der Waals surface area contributed by atoms with E-state index in [9.17, 15) is 13.2 Å². The Kier molecular flexibility index (Phi) is 4.18. The number of halogens is 3. The molecule has 0 bridgehead atoms. The van der Waals surface area contributed by atoms with E-state index in [1.165, 1.54) is 12.1 Å². The van der Waals surface area contributed by atoms with Crippen molar-refractivity contribution in [2.24, 2.45) is 0 Å². The summed E-state index contributed by atoms with van der Waals surface area (Å²) in [6.45, 7) is 2.72. The Balaban J connectivity index is 2.65. The molecule has 0 aliphatic heterocycles. The first kappa shape index (κ1) is 12.8. The largest absolute Gasteiger partial charge is 0.416 e. The normalized spacial score (nSPS) is 11.9. The highest BCUT2D eigenvalue weighted by Crippen LogP contribution is 2.30. The molecular formula is C11H14F3NO. The van der Waals surface area contributed by atoms with Crippen LogP contribution in [0.1, 0.15) is 18.9 Å². The van der Waals surface area contributed by atoms with Crippen molar-refractivity contribution in [3.63, 3.8) is 0 Å². The van der Waals surface area contributed by atoms with Crippen LogP contribution >= 0.6 is 0 Å². The first-order valence-corrected chi connectivity index (χ1v) is 5.00. The lowest BCUT2D eigenvalue weighted by molar-refractivity contribution is -0.137. The summed E-state index contributed by atoms with van der Waals surface area (Å²) in [4.78, 5) is 5.29. The maximum Gasteiger partial charge on any atom is 0.416 e. The van der Waals surface area contributed by atoms with Gasteiger partial charge in [0.25, 0.3) is 0 Å². The Labute approximate surface area is 92.6 Å². The maximum atomic E-state index is 12.3. The van der Waals surface area contributed by atoms with Crippen LogP contribution in [0.3, 0.4) is 0 Å². The van der Waals surface area contributed by atoms with Gasteiger partial charge in [0.05, 0.1) is 5.56 Å². The third-order valence-corrected chi connectivity index (χ3v) is 1.98. The quantitative estimate of drug-likeness (QED) is 0.739. The third-order valence-electron chi connectivity index (χ3n) is 1.98. The summed E-state index contributed by atoms with van der Waals surface area (Å²) in [5.74, 6) is 0.406. The molecule has 2 nitrogen and oxygen atoms in total. The molecule has 0 atom stereocenters. The average Bonchev–Trinajstić information content (AvgIpc) is 2.17. The molecule has 0 heterocycles. The van der Waals surface area contributed by atoms with Crippen molar-refractivity contribution >= 4 is 0 Å². The van der Waals surface area contributed by atoms with Crippen LogP contribution in [0.25, 0.3) is 0 Å². The van der Waals surface area contributed by atoms with Gasteiger partial charge in [-0.15, -0.1) is 5.06 Å². The predicted molar refractivity (Wildman–Crippen MR) is 55.0 cm³/mol. The van der Waals surface area contributed by atoms with Gasteiger partial charge in [-0.1, -0.05) is 6.92 Å². The number of hydrogen-bond donors (Lipinski definition) is 0. The van der Waals surface area contributed by atoms with E-state index in [1.54, 1.807) is 12.1 Å². The van der Waals surface area contributed by atoms with Crippen LogP contribution in [0.15, 0.2) is 24.3 Å². The zero-order chi connectivity index (χ0) is 12.2. The molecule has 1 aromatic rings. The molecule has 0 aliphatic rings. The molecule has 5 heteroatoms. The fourth-order valence-electron chi connectivity index (χ4n) is 1.25. The van der Waals surface area contributed by atoms with E-state index in [-0.39, 0.29) is 0 Å². The zero-order valence-electron chi connectivity index (χ0n) is 9.21. The lowest BCUT2D eigenvalue weighted by Crippen LogP contribution is -2.23. The molecule has 0 saturated heterocycles. The first-order valence-electron chi connectivity index (χ1n) is 5.00. The molecule has 90 valence electrons. The molecule has 0 saturated carbocycles. The summed E-state index contributed by atoms with van der Waals surface area (Å²) in [7, 11) is 1.74. The highest BCUT2D eigenvalue weighted by Gasteiger charge is 2.30. The van der Waals surface area contributed by atoms with Crippen LogP contribution in [0.5, 0.6) is 5.75 Å². The van der Waals surface area contributed by atoms with Crippen LogP contribution in [0.2, 0.25) is 0 Å². The van der Waals surface area contributed by atoms with Crippen molar-refractivity contribution < 1.29 is 18.0 Å². The molecule has 1 aromatic carbocycles. The Bertz CT molecular complexity index is 321. The average molecular weight is 233 g/mol. The van der Waals surface area contributed by atoms with E-state index in [0.29, 0.717) is 5.75 Å². The summed E-state index contributed by atoms with van der Waals surface area (Å²) in [5.41, 5.74) is -0.669. The first-order chi connectivity index (χ1) is 7.43. The number of nitrogens with zero attached hydrogens (tertiary/aromatic N) is 1. The van der Waals surface area contributed by atoms with Gasteiger partial charge in [-0.25, -0.2) is 0 Å². The van der Waals surface area contributed by atoms with Crippen LogP contribution in [-0.2, 0) is 6.18 Å². The molecule has 16 heavy (non-hydrogen) atoms. The van der Waals surface area contributed by atoms with Crippen molar-refractivity contribution in [3.05, 3.63) is 29.8 Å². The Morgan fingerprint density at radius 3 is 2.19 bits per heavy atom. The number of hydroxylamine groups is 2. The fraction of sp³-hybridized carbons (Fsp3) is 0.455. The second-order valence-corrected chi connectivity index (χ2v) is 3.46. The molecule has 1 rings (SSSR count). The minimum Gasteiger partial charge on any atom is -0.406 e. The summed E-state index contributed by atoms with van der Waals surface area (Å²) in [5, 5.41) is 1.59. The van der Waals surface area contributed by atoms with Gasteiger partial charge in [0.2, 0.25) is 0 Å². The molecule has 0 amide bonds. The van der Waals surface area contributed by atoms with E-state index in [2.05, 4.69) is 0 Å². The highest BCUT2D eigenvalue weighted by atomic mass is 19.4. The Morgan fingerprint density at radius 2 is 1.75 bits per heavy atom. The fourth-order valence-corrected chi connectivity index (χ4v) is 1.25. The van der Waals surface area contributed by atoms with Crippen LogP contribution in [0, 0.1) is 0 Å². The minimum absolute atomic E-state index is 0.406. The van der Waals surface area contributed by atoms with Gasteiger partial charge >= 0.3 is 6.18 Å². The van der Waals surface area contributed by atoms with E-state index in [1.807, 2.05) is 6.92 Å². The topological polar surface area (TPSA) is 12.5 Å². The molecular weight excluding hydrogens is 219 g/mol. The zero-order valence-corrected chi connectivity index (χ0v) is 9.21. The number of benzene rings is 1. The van der Waals surface area contributed by atoms with Crippen LogP contribution in [-0.4, -0.2) is 18.7 Å². The Hall–Kier alpha value is -1.23. The van der Waals surface area contributed by atoms with E-state index >= 15 is 0 Å². The predicted octanol–water partition coefficient (Wildman–Crippen LogP) is 3.34. The molecule has 0 aromatic heterocycles. The second kappa shape index (κ2) is 5.21. The van der Waals surface area contributed by atoms with Gasteiger partial charge in [-0.05, 0) is 30.7 Å².